The van der Waals surface area contributed by atoms with Crippen LogP contribution >= 0.6 is 0 Å². The van der Waals surface area contributed by atoms with E-state index in [1.807, 2.05) is 6.07 Å². The highest BCUT2D eigenvalue weighted by molar-refractivity contribution is 5.48. The van der Waals surface area contributed by atoms with Gasteiger partial charge in [-0.05, 0) is 36.6 Å². The zero-order valence-corrected chi connectivity index (χ0v) is 9.71. The van der Waals surface area contributed by atoms with Crippen LogP contribution < -0.4 is 14.8 Å². The first-order chi connectivity index (χ1) is 7.81. The second kappa shape index (κ2) is 5.18. The first-order valence-electron chi connectivity index (χ1n) is 5.40. The Bertz CT molecular complexity index is 366. The molecule has 88 valence electrons. The van der Waals surface area contributed by atoms with E-state index in [1.54, 1.807) is 7.11 Å². The zero-order valence-electron chi connectivity index (χ0n) is 9.71. The van der Waals surface area contributed by atoms with Crippen LogP contribution in [0.5, 0.6) is 11.5 Å². The highest BCUT2D eigenvalue weighted by Crippen LogP contribution is 2.34. The Balaban J connectivity index is 1.98. The van der Waals surface area contributed by atoms with Crippen molar-refractivity contribution in [1.82, 2.24) is 5.32 Å². The molecule has 0 bridgehead atoms. The largest absolute Gasteiger partial charge is 0.454 e. The van der Waals surface area contributed by atoms with Crippen LogP contribution in [0.2, 0.25) is 0 Å². The van der Waals surface area contributed by atoms with Crippen molar-refractivity contribution in [2.24, 2.45) is 0 Å². The van der Waals surface area contributed by atoms with Crippen LogP contribution in [0.4, 0.5) is 0 Å². The third-order valence-corrected chi connectivity index (χ3v) is 2.65. The van der Waals surface area contributed by atoms with Gasteiger partial charge in [0, 0.05) is 13.7 Å². The van der Waals surface area contributed by atoms with E-state index in [-0.39, 0.29) is 0 Å². The second-order valence-corrected chi connectivity index (χ2v) is 3.81. The normalized spacial score (nSPS) is 13.1. The lowest BCUT2D eigenvalue weighted by atomic mass is 10.0. The van der Waals surface area contributed by atoms with Gasteiger partial charge in [0.25, 0.3) is 0 Å². The number of fused-ring (bicyclic) bond motifs is 1. The fourth-order valence-corrected chi connectivity index (χ4v) is 1.75. The molecule has 4 heteroatoms. The molecule has 1 aliphatic heterocycles. The molecule has 0 unspecified atom stereocenters. The summed E-state index contributed by atoms with van der Waals surface area (Å²) >= 11 is 0. The zero-order chi connectivity index (χ0) is 11.4. The maximum absolute atomic E-state index is 5.35. The van der Waals surface area contributed by atoms with Crippen LogP contribution in [0.3, 0.4) is 0 Å². The Morgan fingerprint density at radius 2 is 2.06 bits per heavy atom. The van der Waals surface area contributed by atoms with Crippen LogP contribution in [0.15, 0.2) is 12.1 Å². The van der Waals surface area contributed by atoms with Gasteiger partial charge in [0.2, 0.25) is 6.79 Å². The molecule has 0 fully saturated rings. The SMILES string of the molecule is COCNCCc1cc2c(cc1C)OCO2. The Morgan fingerprint density at radius 1 is 1.31 bits per heavy atom. The van der Waals surface area contributed by atoms with Crippen molar-refractivity contribution in [2.45, 2.75) is 13.3 Å². The summed E-state index contributed by atoms with van der Waals surface area (Å²) in [6.07, 6.45) is 0.964. The summed E-state index contributed by atoms with van der Waals surface area (Å²) in [5.41, 5.74) is 2.52. The molecular formula is C12H17NO3. The van der Waals surface area contributed by atoms with Crippen molar-refractivity contribution in [3.8, 4) is 11.5 Å². The molecule has 1 aliphatic rings. The quantitative estimate of drug-likeness (QED) is 0.606. The standard InChI is InChI=1S/C12H17NO3/c1-9-5-11-12(16-8-15-11)6-10(9)3-4-13-7-14-2/h5-6,13H,3-4,7-8H2,1-2H3. The van der Waals surface area contributed by atoms with Crippen LogP contribution in [-0.4, -0.2) is 27.2 Å². The number of ether oxygens (including phenoxy) is 3. The fourth-order valence-electron chi connectivity index (χ4n) is 1.75. The number of hydrogen-bond acceptors (Lipinski definition) is 4. The number of nitrogens with one attached hydrogen (secondary N) is 1. The Kier molecular flexibility index (Phi) is 3.64. The molecule has 0 saturated carbocycles. The summed E-state index contributed by atoms with van der Waals surface area (Å²) in [6.45, 7) is 3.91. The van der Waals surface area contributed by atoms with Crippen molar-refractivity contribution in [3.05, 3.63) is 23.3 Å². The molecule has 1 aromatic rings. The molecule has 2 rings (SSSR count). The Hall–Kier alpha value is -1.26. The Morgan fingerprint density at radius 3 is 2.81 bits per heavy atom. The lowest BCUT2D eigenvalue weighted by molar-refractivity contribution is 0.174. The number of aryl methyl sites for hydroxylation is 1. The van der Waals surface area contributed by atoms with E-state index in [0.717, 1.165) is 24.5 Å². The first kappa shape index (κ1) is 11.2. The average Bonchev–Trinajstić information content (AvgIpc) is 2.71. The third kappa shape index (κ3) is 2.46. The molecule has 1 heterocycles. The van der Waals surface area contributed by atoms with Crippen molar-refractivity contribution in [2.75, 3.05) is 27.2 Å². The highest BCUT2D eigenvalue weighted by atomic mass is 16.7. The smallest absolute Gasteiger partial charge is 0.231 e. The molecule has 0 saturated heterocycles. The summed E-state index contributed by atoms with van der Waals surface area (Å²) in [4.78, 5) is 0. The minimum absolute atomic E-state index is 0.333. The van der Waals surface area contributed by atoms with Gasteiger partial charge in [-0.2, -0.15) is 0 Å². The summed E-state index contributed by atoms with van der Waals surface area (Å²) in [6, 6.07) is 4.10. The summed E-state index contributed by atoms with van der Waals surface area (Å²) in [5.74, 6) is 1.71. The summed E-state index contributed by atoms with van der Waals surface area (Å²) in [5, 5.41) is 3.18. The molecule has 16 heavy (non-hydrogen) atoms. The lowest BCUT2D eigenvalue weighted by Gasteiger charge is -2.08. The fraction of sp³-hybridized carbons (Fsp3) is 0.500. The van der Waals surface area contributed by atoms with Crippen LogP contribution in [0.1, 0.15) is 11.1 Å². The van der Waals surface area contributed by atoms with Crippen LogP contribution in [0.25, 0.3) is 0 Å². The minimum Gasteiger partial charge on any atom is -0.454 e. The molecule has 0 radical (unpaired) electrons. The van der Waals surface area contributed by atoms with Gasteiger partial charge in [-0.3, -0.25) is 5.32 Å². The molecule has 1 aromatic carbocycles. The molecule has 0 amide bonds. The average molecular weight is 223 g/mol. The molecule has 0 spiro atoms. The van der Waals surface area contributed by atoms with Crippen molar-refractivity contribution < 1.29 is 14.2 Å². The Labute approximate surface area is 95.5 Å². The van der Waals surface area contributed by atoms with Crippen LogP contribution in [-0.2, 0) is 11.2 Å². The maximum atomic E-state index is 5.35. The van der Waals surface area contributed by atoms with Gasteiger partial charge in [-0.15, -0.1) is 0 Å². The highest BCUT2D eigenvalue weighted by Gasteiger charge is 2.15. The molecular weight excluding hydrogens is 206 g/mol. The van der Waals surface area contributed by atoms with Gasteiger partial charge >= 0.3 is 0 Å². The number of rotatable bonds is 5. The molecule has 4 nitrogen and oxygen atoms in total. The van der Waals surface area contributed by atoms with Crippen molar-refractivity contribution >= 4 is 0 Å². The predicted molar refractivity (Wildman–Crippen MR) is 60.9 cm³/mol. The summed E-state index contributed by atoms with van der Waals surface area (Å²) < 4.78 is 15.6. The van der Waals surface area contributed by atoms with Gasteiger partial charge in [0.15, 0.2) is 11.5 Å². The number of hydrogen-bond donors (Lipinski definition) is 1. The second-order valence-electron chi connectivity index (χ2n) is 3.81. The molecule has 1 N–H and O–H groups in total. The lowest BCUT2D eigenvalue weighted by Crippen LogP contribution is -2.19. The molecule has 0 atom stereocenters. The number of methoxy groups -OCH3 is 1. The van der Waals surface area contributed by atoms with Gasteiger partial charge in [-0.1, -0.05) is 0 Å². The summed E-state index contributed by atoms with van der Waals surface area (Å²) in [7, 11) is 1.68. The van der Waals surface area contributed by atoms with E-state index in [0.29, 0.717) is 13.5 Å². The maximum Gasteiger partial charge on any atom is 0.231 e. The number of benzene rings is 1. The van der Waals surface area contributed by atoms with Crippen molar-refractivity contribution in [3.63, 3.8) is 0 Å². The first-order valence-corrected chi connectivity index (χ1v) is 5.40. The van der Waals surface area contributed by atoms with E-state index in [1.165, 1.54) is 11.1 Å². The van der Waals surface area contributed by atoms with Gasteiger partial charge in [0.05, 0.1) is 6.73 Å². The van der Waals surface area contributed by atoms with E-state index in [2.05, 4.69) is 18.3 Å². The molecule has 0 aromatic heterocycles. The molecule has 0 aliphatic carbocycles. The van der Waals surface area contributed by atoms with Gasteiger partial charge in [0.1, 0.15) is 0 Å². The van der Waals surface area contributed by atoms with Gasteiger partial charge < -0.3 is 14.2 Å². The van der Waals surface area contributed by atoms with Crippen molar-refractivity contribution in [1.29, 1.82) is 0 Å². The monoisotopic (exact) mass is 223 g/mol. The van der Waals surface area contributed by atoms with E-state index in [4.69, 9.17) is 14.2 Å². The predicted octanol–water partition coefficient (Wildman–Crippen LogP) is 1.46. The van der Waals surface area contributed by atoms with Crippen LogP contribution in [0, 0.1) is 6.92 Å². The topological polar surface area (TPSA) is 39.7 Å². The van der Waals surface area contributed by atoms with E-state index in [9.17, 15) is 0 Å². The third-order valence-electron chi connectivity index (χ3n) is 2.65. The minimum atomic E-state index is 0.333. The van der Waals surface area contributed by atoms with Gasteiger partial charge in [-0.25, -0.2) is 0 Å². The van der Waals surface area contributed by atoms with E-state index >= 15 is 0 Å². The van der Waals surface area contributed by atoms with E-state index < -0.39 is 0 Å².